The van der Waals surface area contributed by atoms with Crippen molar-refractivity contribution in [3.05, 3.63) is 58.5 Å². The maximum atomic E-state index is 13.7. The lowest BCUT2D eigenvalue weighted by Gasteiger charge is -2.07. The Balaban J connectivity index is 1.97. The number of rotatable bonds is 3. The fourth-order valence-electron chi connectivity index (χ4n) is 1.72. The summed E-state index contributed by atoms with van der Waals surface area (Å²) in [5, 5.41) is 14.4. The van der Waals surface area contributed by atoms with Gasteiger partial charge in [-0.25, -0.2) is 13.9 Å². The van der Waals surface area contributed by atoms with E-state index in [2.05, 4.69) is 10.1 Å². The average molecular weight is 292 g/mol. The molecule has 0 radical (unpaired) electrons. The molecule has 0 aliphatic carbocycles. The number of hydrogen-bond donors (Lipinski definition) is 0. The van der Waals surface area contributed by atoms with Crippen molar-refractivity contribution >= 4 is 11.3 Å². The Morgan fingerprint density at radius 2 is 2.05 bits per heavy atom. The van der Waals surface area contributed by atoms with Gasteiger partial charge in [-0.3, -0.25) is 10.1 Å². The van der Waals surface area contributed by atoms with Gasteiger partial charge in [0.15, 0.2) is 17.2 Å². The summed E-state index contributed by atoms with van der Waals surface area (Å²) in [4.78, 5) is 13.4. The number of pyridine rings is 1. The Morgan fingerprint density at radius 3 is 2.81 bits per heavy atom. The number of aromatic nitrogens is 3. The smallest absolute Gasteiger partial charge is 0.307 e. The number of nitro benzene ring substituents is 1. The number of nitrogens with zero attached hydrogens (tertiary/aromatic N) is 4. The van der Waals surface area contributed by atoms with Gasteiger partial charge in [-0.15, -0.1) is 0 Å². The highest BCUT2D eigenvalue weighted by Crippen LogP contribution is 2.30. The van der Waals surface area contributed by atoms with Crippen LogP contribution in [-0.2, 0) is 0 Å². The van der Waals surface area contributed by atoms with Gasteiger partial charge in [-0.1, -0.05) is 0 Å². The lowest BCUT2D eigenvalue weighted by Crippen LogP contribution is -1.97. The van der Waals surface area contributed by atoms with E-state index in [0.29, 0.717) is 17.8 Å². The molecule has 0 unspecified atom stereocenters. The molecular weight excluding hydrogens is 286 g/mol. The van der Waals surface area contributed by atoms with Crippen molar-refractivity contribution < 1.29 is 18.4 Å². The molecule has 0 atom stereocenters. The molecule has 0 aliphatic heterocycles. The summed E-state index contributed by atoms with van der Waals surface area (Å²) in [5.74, 6) is -2.48. The largest absolute Gasteiger partial charge is 0.454 e. The first kappa shape index (κ1) is 12.9. The quantitative estimate of drug-likeness (QED) is 0.547. The minimum atomic E-state index is -1.18. The number of nitro groups is 1. The molecule has 3 rings (SSSR count). The van der Waals surface area contributed by atoms with Crippen LogP contribution in [-0.4, -0.2) is 19.5 Å². The van der Waals surface area contributed by atoms with Crippen molar-refractivity contribution in [3.63, 3.8) is 0 Å². The normalized spacial score (nSPS) is 10.8. The fourth-order valence-corrected chi connectivity index (χ4v) is 1.72. The molecule has 0 N–H and O–H groups in total. The Morgan fingerprint density at radius 1 is 1.24 bits per heavy atom. The molecule has 106 valence electrons. The summed E-state index contributed by atoms with van der Waals surface area (Å²) in [7, 11) is 0. The second kappa shape index (κ2) is 4.78. The molecule has 21 heavy (non-hydrogen) atoms. The van der Waals surface area contributed by atoms with Crippen LogP contribution in [0.5, 0.6) is 11.5 Å². The van der Waals surface area contributed by atoms with Gasteiger partial charge in [0.1, 0.15) is 12.1 Å². The molecule has 0 saturated heterocycles. The summed E-state index contributed by atoms with van der Waals surface area (Å²) < 4.78 is 33.8. The third-order valence-electron chi connectivity index (χ3n) is 2.68. The predicted molar refractivity (Wildman–Crippen MR) is 66.1 cm³/mol. The van der Waals surface area contributed by atoms with Crippen LogP contribution in [0.1, 0.15) is 0 Å². The Labute approximate surface area is 115 Å². The van der Waals surface area contributed by atoms with Crippen molar-refractivity contribution in [1.29, 1.82) is 0 Å². The van der Waals surface area contributed by atoms with Gasteiger partial charge in [-0.05, 0) is 6.07 Å². The summed E-state index contributed by atoms with van der Waals surface area (Å²) in [6.45, 7) is 0. The van der Waals surface area contributed by atoms with Gasteiger partial charge in [0.05, 0.1) is 11.0 Å². The minimum Gasteiger partial charge on any atom is -0.454 e. The van der Waals surface area contributed by atoms with Gasteiger partial charge < -0.3 is 4.74 Å². The zero-order chi connectivity index (χ0) is 15.0. The van der Waals surface area contributed by atoms with Crippen molar-refractivity contribution in [2.24, 2.45) is 0 Å². The maximum absolute atomic E-state index is 13.7. The zero-order valence-corrected chi connectivity index (χ0v) is 10.2. The summed E-state index contributed by atoms with van der Waals surface area (Å²) in [6, 6.07) is 4.04. The van der Waals surface area contributed by atoms with E-state index in [1.54, 1.807) is 0 Å². The first-order valence-electron chi connectivity index (χ1n) is 5.65. The van der Waals surface area contributed by atoms with Gasteiger partial charge in [0.25, 0.3) is 0 Å². The van der Waals surface area contributed by atoms with E-state index in [-0.39, 0.29) is 5.75 Å². The highest BCUT2D eigenvalue weighted by Gasteiger charge is 2.19. The molecular formula is C12H6F2N4O3. The Kier molecular flexibility index (Phi) is 2.94. The lowest BCUT2D eigenvalue weighted by molar-refractivity contribution is -0.387. The molecule has 0 saturated carbocycles. The number of benzene rings is 1. The van der Waals surface area contributed by atoms with Crippen LogP contribution >= 0.6 is 0 Å². The highest BCUT2D eigenvalue weighted by atomic mass is 19.1. The third-order valence-corrected chi connectivity index (χ3v) is 2.68. The first-order chi connectivity index (χ1) is 10.0. The van der Waals surface area contributed by atoms with Gasteiger partial charge in [0, 0.05) is 18.3 Å². The molecule has 3 aromatic rings. The van der Waals surface area contributed by atoms with Crippen LogP contribution in [0, 0.1) is 21.7 Å². The van der Waals surface area contributed by atoms with E-state index in [4.69, 9.17) is 4.74 Å². The minimum absolute atomic E-state index is 0.197. The molecule has 2 heterocycles. The monoisotopic (exact) mass is 292 g/mol. The molecule has 7 nitrogen and oxygen atoms in total. The van der Waals surface area contributed by atoms with E-state index < -0.39 is 28.0 Å². The summed E-state index contributed by atoms with van der Waals surface area (Å²) in [6.07, 6.45) is 2.85. The van der Waals surface area contributed by atoms with Crippen LogP contribution in [0.2, 0.25) is 0 Å². The molecule has 0 spiro atoms. The van der Waals surface area contributed by atoms with Crippen LogP contribution in [0.3, 0.4) is 0 Å². The number of hydrogen-bond acceptors (Lipinski definition) is 5. The second-order valence-electron chi connectivity index (χ2n) is 4.02. The number of halogens is 2. The van der Waals surface area contributed by atoms with Crippen molar-refractivity contribution in [2.75, 3.05) is 0 Å². The zero-order valence-electron chi connectivity index (χ0n) is 10.2. The van der Waals surface area contributed by atoms with E-state index >= 15 is 0 Å². The molecule has 0 bridgehead atoms. The fraction of sp³-hybridized carbons (Fsp3) is 0. The van der Waals surface area contributed by atoms with E-state index in [1.807, 2.05) is 0 Å². The Bertz CT molecular complexity index is 850. The van der Waals surface area contributed by atoms with E-state index in [1.165, 1.54) is 29.2 Å². The predicted octanol–water partition coefficient (Wildman–Crippen LogP) is 2.71. The first-order valence-corrected chi connectivity index (χ1v) is 5.65. The molecule has 2 aromatic heterocycles. The second-order valence-corrected chi connectivity index (χ2v) is 4.02. The standard InChI is InChI=1S/C12H6F2N4O3/c13-8-5-11(9(14)4-10(8)18(19)20)21-7-1-2-17-12(3-7)15-6-16-17/h1-6H. The Hall–Kier alpha value is -3.10. The average Bonchev–Trinajstić information content (AvgIpc) is 2.89. The number of ether oxygens (including phenoxy) is 1. The molecule has 9 heteroatoms. The molecule has 0 aliphatic rings. The summed E-state index contributed by atoms with van der Waals surface area (Å²) in [5.41, 5.74) is -0.497. The van der Waals surface area contributed by atoms with Gasteiger partial charge in [-0.2, -0.15) is 9.49 Å². The molecule has 0 fully saturated rings. The van der Waals surface area contributed by atoms with Crippen LogP contribution in [0.15, 0.2) is 36.8 Å². The maximum Gasteiger partial charge on any atom is 0.307 e. The van der Waals surface area contributed by atoms with Gasteiger partial charge >= 0.3 is 5.69 Å². The van der Waals surface area contributed by atoms with Crippen molar-refractivity contribution in [3.8, 4) is 11.5 Å². The van der Waals surface area contributed by atoms with E-state index in [9.17, 15) is 18.9 Å². The van der Waals surface area contributed by atoms with E-state index in [0.717, 1.165) is 0 Å². The number of fused-ring (bicyclic) bond motifs is 1. The topological polar surface area (TPSA) is 82.6 Å². The van der Waals surface area contributed by atoms with Crippen LogP contribution < -0.4 is 4.74 Å². The third kappa shape index (κ3) is 2.36. The SMILES string of the molecule is O=[N+]([O-])c1cc(F)c(Oc2ccn3ncnc3c2)cc1F. The van der Waals surface area contributed by atoms with Crippen molar-refractivity contribution in [1.82, 2.24) is 14.6 Å². The molecule has 1 aromatic carbocycles. The van der Waals surface area contributed by atoms with Crippen LogP contribution in [0.4, 0.5) is 14.5 Å². The lowest BCUT2D eigenvalue weighted by atomic mass is 10.2. The summed E-state index contributed by atoms with van der Waals surface area (Å²) >= 11 is 0. The highest BCUT2D eigenvalue weighted by molar-refractivity contribution is 5.46. The van der Waals surface area contributed by atoms with Crippen molar-refractivity contribution in [2.45, 2.75) is 0 Å². The van der Waals surface area contributed by atoms with Crippen LogP contribution in [0.25, 0.3) is 5.65 Å². The van der Waals surface area contributed by atoms with Gasteiger partial charge in [0.2, 0.25) is 5.82 Å². The molecule has 0 amide bonds.